The van der Waals surface area contributed by atoms with Crippen molar-refractivity contribution in [1.82, 2.24) is 10.2 Å². The quantitative estimate of drug-likeness (QED) is 0.779. The van der Waals surface area contributed by atoms with Crippen molar-refractivity contribution in [2.75, 3.05) is 0 Å². The van der Waals surface area contributed by atoms with Crippen LogP contribution in [0.3, 0.4) is 0 Å². The van der Waals surface area contributed by atoms with E-state index in [1.807, 2.05) is 13.0 Å². The maximum atomic E-state index is 5.90. The summed E-state index contributed by atoms with van der Waals surface area (Å²) in [5, 5.41) is 7.81. The van der Waals surface area contributed by atoms with Crippen LogP contribution in [0.4, 0.5) is 0 Å². The van der Waals surface area contributed by atoms with Gasteiger partial charge in [0, 0.05) is 5.92 Å². The Balaban J connectivity index is 1.76. The van der Waals surface area contributed by atoms with Gasteiger partial charge in [0.25, 0.3) is 0 Å². The number of rotatable bonds is 3. The Hall–Kier alpha value is -1.35. The number of aromatic nitrogens is 2. The average molecular weight is 249 g/mol. The second kappa shape index (κ2) is 4.15. The predicted octanol–water partition coefficient (Wildman–Crippen LogP) is 3.64. The first-order chi connectivity index (χ1) is 8.25. The minimum absolute atomic E-state index is 0.217. The van der Waals surface area contributed by atoms with Crippen molar-refractivity contribution < 1.29 is 4.42 Å². The van der Waals surface area contributed by atoms with Gasteiger partial charge >= 0.3 is 0 Å². The molecule has 0 N–H and O–H groups in total. The molecule has 3 unspecified atom stereocenters. The van der Waals surface area contributed by atoms with Crippen LogP contribution in [0.15, 0.2) is 34.7 Å². The van der Waals surface area contributed by atoms with E-state index in [0.717, 1.165) is 12.3 Å². The van der Waals surface area contributed by atoms with Crippen LogP contribution in [0, 0.1) is 0 Å². The Morgan fingerprint density at radius 2 is 2.00 bits per heavy atom. The maximum absolute atomic E-state index is 5.90. The molecule has 1 aliphatic rings. The third kappa shape index (κ3) is 2.07. The summed E-state index contributed by atoms with van der Waals surface area (Å²) in [6, 6.07) is 10.4. The molecule has 0 amide bonds. The maximum Gasteiger partial charge on any atom is 0.234 e. The largest absolute Gasteiger partial charge is 0.423 e. The number of alkyl halides is 1. The van der Waals surface area contributed by atoms with Gasteiger partial charge in [-0.2, -0.15) is 0 Å². The Morgan fingerprint density at radius 3 is 2.65 bits per heavy atom. The van der Waals surface area contributed by atoms with Crippen molar-refractivity contribution in [3.63, 3.8) is 0 Å². The summed E-state index contributed by atoms with van der Waals surface area (Å²) in [5.74, 6) is 2.13. The van der Waals surface area contributed by atoms with E-state index in [2.05, 4.69) is 34.5 Å². The first-order valence-corrected chi connectivity index (χ1v) is 6.21. The van der Waals surface area contributed by atoms with Crippen LogP contribution in [-0.2, 0) is 0 Å². The van der Waals surface area contributed by atoms with Gasteiger partial charge in [-0.15, -0.1) is 21.8 Å². The molecule has 1 fully saturated rings. The first kappa shape index (κ1) is 10.8. The van der Waals surface area contributed by atoms with E-state index >= 15 is 0 Å². The molecule has 1 aliphatic carbocycles. The SMILES string of the molecule is CC(Cl)c1nnc(C2CC2c2ccccc2)o1. The fourth-order valence-corrected chi connectivity index (χ4v) is 2.18. The van der Waals surface area contributed by atoms with Gasteiger partial charge < -0.3 is 4.42 Å². The van der Waals surface area contributed by atoms with Crippen molar-refractivity contribution in [2.24, 2.45) is 0 Å². The Kier molecular flexibility index (Phi) is 2.63. The van der Waals surface area contributed by atoms with Gasteiger partial charge in [0.05, 0.1) is 0 Å². The van der Waals surface area contributed by atoms with E-state index in [1.54, 1.807) is 0 Å². The number of hydrogen-bond acceptors (Lipinski definition) is 3. The van der Waals surface area contributed by atoms with Crippen LogP contribution >= 0.6 is 11.6 Å². The highest BCUT2D eigenvalue weighted by atomic mass is 35.5. The highest BCUT2D eigenvalue weighted by Crippen LogP contribution is 2.54. The molecule has 1 saturated carbocycles. The molecule has 0 aliphatic heterocycles. The second-order valence-electron chi connectivity index (χ2n) is 4.45. The molecule has 4 heteroatoms. The van der Waals surface area contributed by atoms with Crippen molar-refractivity contribution in [3.05, 3.63) is 47.7 Å². The zero-order chi connectivity index (χ0) is 11.8. The van der Waals surface area contributed by atoms with E-state index in [1.165, 1.54) is 5.56 Å². The summed E-state index contributed by atoms with van der Waals surface area (Å²) in [4.78, 5) is 0. The summed E-state index contributed by atoms with van der Waals surface area (Å²) in [6.07, 6.45) is 1.09. The molecule has 0 spiro atoms. The van der Waals surface area contributed by atoms with E-state index < -0.39 is 0 Å². The van der Waals surface area contributed by atoms with Gasteiger partial charge in [0.2, 0.25) is 11.8 Å². The third-order valence-corrected chi connectivity index (χ3v) is 3.32. The Bertz CT molecular complexity index is 509. The minimum atomic E-state index is -0.217. The van der Waals surface area contributed by atoms with E-state index in [4.69, 9.17) is 16.0 Å². The monoisotopic (exact) mass is 248 g/mol. The van der Waals surface area contributed by atoms with Gasteiger partial charge in [0.1, 0.15) is 5.38 Å². The fourth-order valence-electron chi connectivity index (χ4n) is 2.09. The van der Waals surface area contributed by atoms with Crippen molar-refractivity contribution >= 4 is 11.6 Å². The molecular weight excluding hydrogens is 236 g/mol. The number of nitrogens with zero attached hydrogens (tertiary/aromatic N) is 2. The summed E-state index contributed by atoms with van der Waals surface area (Å²) in [7, 11) is 0. The van der Waals surface area contributed by atoms with E-state index in [9.17, 15) is 0 Å². The molecule has 0 radical (unpaired) electrons. The molecule has 3 rings (SSSR count). The normalized spacial score (nSPS) is 24.6. The zero-order valence-corrected chi connectivity index (χ0v) is 10.3. The lowest BCUT2D eigenvalue weighted by atomic mass is 10.1. The van der Waals surface area contributed by atoms with Crippen LogP contribution in [0.1, 0.15) is 47.9 Å². The van der Waals surface area contributed by atoms with Crippen LogP contribution in [-0.4, -0.2) is 10.2 Å². The standard InChI is InChI=1S/C13H13ClN2O/c1-8(14)12-15-16-13(17-12)11-7-10(11)9-5-3-2-4-6-9/h2-6,8,10-11H,7H2,1H3. The van der Waals surface area contributed by atoms with Crippen molar-refractivity contribution in [2.45, 2.75) is 30.6 Å². The van der Waals surface area contributed by atoms with Crippen LogP contribution < -0.4 is 0 Å². The lowest BCUT2D eigenvalue weighted by Gasteiger charge is -1.96. The molecule has 3 nitrogen and oxygen atoms in total. The Labute approximate surface area is 105 Å². The van der Waals surface area contributed by atoms with Gasteiger partial charge in [-0.05, 0) is 24.8 Å². The molecule has 1 aromatic heterocycles. The van der Waals surface area contributed by atoms with Crippen molar-refractivity contribution in [1.29, 1.82) is 0 Å². The van der Waals surface area contributed by atoms with Gasteiger partial charge in [0.15, 0.2) is 0 Å². The van der Waals surface area contributed by atoms with Crippen LogP contribution in [0.25, 0.3) is 0 Å². The molecule has 1 heterocycles. The lowest BCUT2D eigenvalue weighted by Crippen LogP contribution is -1.84. The van der Waals surface area contributed by atoms with Crippen LogP contribution in [0.2, 0.25) is 0 Å². The summed E-state index contributed by atoms with van der Waals surface area (Å²) in [5.41, 5.74) is 1.34. The average Bonchev–Trinajstić information content (AvgIpc) is 2.99. The molecule has 88 valence electrons. The van der Waals surface area contributed by atoms with Crippen LogP contribution in [0.5, 0.6) is 0 Å². The molecule has 2 aromatic rings. The lowest BCUT2D eigenvalue weighted by molar-refractivity contribution is 0.449. The Morgan fingerprint density at radius 1 is 1.24 bits per heavy atom. The third-order valence-electron chi connectivity index (χ3n) is 3.13. The topological polar surface area (TPSA) is 38.9 Å². The predicted molar refractivity (Wildman–Crippen MR) is 65.1 cm³/mol. The summed E-state index contributed by atoms with van der Waals surface area (Å²) in [6.45, 7) is 1.83. The molecule has 17 heavy (non-hydrogen) atoms. The molecule has 0 saturated heterocycles. The van der Waals surface area contributed by atoms with E-state index in [-0.39, 0.29) is 5.38 Å². The fraction of sp³-hybridized carbons (Fsp3) is 0.385. The van der Waals surface area contributed by atoms with Gasteiger partial charge in [-0.3, -0.25) is 0 Å². The summed E-state index contributed by atoms with van der Waals surface area (Å²) < 4.78 is 5.57. The van der Waals surface area contributed by atoms with Crippen molar-refractivity contribution in [3.8, 4) is 0 Å². The number of hydrogen-bond donors (Lipinski definition) is 0. The highest BCUT2D eigenvalue weighted by molar-refractivity contribution is 6.20. The minimum Gasteiger partial charge on any atom is -0.423 e. The summed E-state index contributed by atoms with van der Waals surface area (Å²) >= 11 is 5.90. The first-order valence-electron chi connectivity index (χ1n) is 5.78. The van der Waals surface area contributed by atoms with Gasteiger partial charge in [-0.25, -0.2) is 0 Å². The molecular formula is C13H13ClN2O. The smallest absolute Gasteiger partial charge is 0.234 e. The van der Waals surface area contributed by atoms with E-state index in [0.29, 0.717) is 17.7 Å². The zero-order valence-electron chi connectivity index (χ0n) is 9.51. The second-order valence-corrected chi connectivity index (χ2v) is 5.11. The number of halogens is 1. The van der Waals surface area contributed by atoms with Gasteiger partial charge in [-0.1, -0.05) is 30.3 Å². The highest BCUT2D eigenvalue weighted by Gasteiger charge is 2.43. The molecule has 1 aromatic carbocycles. The molecule has 0 bridgehead atoms. The number of benzene rings is 1. The molecule has 3 atom stereocenters.